The summed E-state index contributed by atoms with van der Waals surface area (Å²) in [4.78, 5) is 13.1. The molecule has 0 bridgehead atoms. The van der Waals surface area contributed by atoms with E-state index in [1.165, 1.54) is 4.31 Å². The van der Waals surface area contributed by atoms with Gasteiger partial charge in [-0.15, -0.1) is 0 Å². The highest BCUT2D eigenvalue weighted by Crippen LogP contribution is 2.47. The third kappa shape index (κ3) is 3.44. The number of carbonyl (C=O) groups excluding carboxylic acids is 1. The number of nitrogens with one attached hydrogen (secondary N) is 1. The van der Waals surface area contributed by atoms with E-state index in [0.717, 1.165) is 43.1 Å². The van der Waals surface area contributed by atoms with Crippen LogP contribution in [0.4, 0.5) is 5.69 Å². The van der Waals surface area contributed by atoms with Gasteiger partial charge in [0.05, 0.1) is 6.26 Å². The lowest BCUT2D eigenvalue weighted by Crippen LogP contribution is -2.50. The van der Waals surface area contributed by atoms with Gasteiger partial charge in [-0.2, -0.15) is 4.31 Å². The van der Waals surface area contributed by atoms with Gasteiger partial charge < -0.3 is 14.8 Å². The predicted octanol–water partition coefficient (Wildman–Crippen LogP) is 3.05. The van der Waals surface area contributed by atoms with Crippen LogP contribution in [-0.2, 0) is 27.8 Å². The Kier molecular flexibility index (Phi) is 4.52. The van der Waals surface area contributed by atoms with Gasteiger partial charge in [0.25, 0.3) is 5.79 Å². The van der Waals surface area contributed by atoms with Crippen LogP contribution in [-0.4, -0.2) is 36.7 Å². The lowest BCUT2D eigenvalue weighted by atomic mass is 9.95. The zero-order chi connectivity index (χ0) is 20.9. The van der Waals surface area contributed by atoms with Gasteiger partial charge in [-0.25, -0.2) is 8.42 Å². The lowest BCUT2D eigenvalue weighted by molar-refractivity contribution is -0.120. The molecule has 158 valence electrons. The first kappa shape index (κ1) is 19.4. The van der Waals surface area contributed by atoms with Crippen LogP contribution in [0.25, 0.3) is 0 Å². The molecule has 1 atom stereocenters. The smallest absolute Gasteiger partial charge is 0.251 e. The number of ether oxygens (including phenoxy) is 2. The molecule has 30 heavy (non-hydrogen) atoms. The van der Waals surface area contributed by atoms with Crippen LogP contribution in [0.2, 0.25) is 0 Å². The summed E-state index contributed by atoms with van der Waals surface area (Å²) in [6, 6.07) is 12.1. The Bertz CT molecular complexity index is 1110. The summed E-state index contributed by atoms with van der Waals surface area (Å²) in [7, 11) is -3.55. The maximum atomic E-state index is 13.1. The van der Waals surface area contributed by atoms with Crippen LogP contribution in [0, 0.1) is 0 Å². The largest absolute Gasteiger partial charge is 0.448 e. The molecule has 1 fully saturated rings. The summed E-state index contributed by atoms with van der Waals surface area (Å²) >= 11 is 0. The van der Waals surface area contributed by atoms with Crippen molar-refractivity contribution in [2.45, 2.75) is 50.5 Å². The van der Waals surface area contributed by atoms with Crippen molar-refractivity contribution < 1.29 is 22.7 Å². The fourth-order valence-electron chi connectivity index (χ4n) is 4.59. The molecule has 2 aromatic rings. The van der Waals surface area contributed by atoms with Crippen molar-refractivity contribution in [3.63, 3.8) is 0 Å². The van der Waals surface area contributed by atoms with Crippen LogP contribution < -0.4 is 14.8 Å². The van der Waals surface area contributed by atoms with Crippen molar-refractivity contribution >= 4 is 21.6 Å². The maximum absolute atomic E-state index is 13.1. The number of carbonyl (C=O) groups is 1. The van der Waals surface area contributed by atoms with Gasteiger partial charge in [-0.3, -0.25) is 4.79 Å². The van der Waals surface area contributed by atoms with Crippen LogP contribution in [0.3, 0.4) is 0 Å². The minimum absolute atomic E-state index is 0.191. The summed E-state index contributed by atoms with van der Waals surface area (Å²) < 4.78 is 38.1. The third-order valence-corrected chi connectivity index (χ3v) is 7.34. The van der Waals surface area contributed by atoms with E-state index in [0.29, 0.717) is 23.6 Å². The minimum atomic E-state index is -3.55. The third-order valence-electron chi connectivity index (χ3n) is 6.10. The molecule has 7 nitrogen and oxygen atoms in total. The first-order chi connectivity index (χ1) is 14.3. The van der Waals surface area contributed by atoms with Crippen LogP contribution in [0.15, 0.2) is 42.5 Å². The number of amides is 1. The van der Waals surface area contributed by atoms with E-state index in [1.807, 2.05) is 24.3 Å². The summed E-state index contributed by atoms with van der Waals surface area (Å²) in [6.07, 6.45) is 5.33. The van der Waals surface area contributed by atoms with Crippen molar-refractivity contribution in [2.24, 2.45) is 0 Å². The Morgan fingerprint density at radius 3 is 2.50 bits per heavy atom. The van der Waals surface area contributed by atoms with E-state index < -0.39 is 21.9 Å². The second-order valence-corrected chi connectivity index (χ2v) is 10.2. The molecule has 2 aromatic carbocycles. The van der Waals surface area contributed by atoms with Crippen molar-refractivity contribution in [3.8, 4) is 11.5 Å². The van der Waals surface area contributed by atoms with Gasteiger partial charge >= 0.3 is 0 Å². The first-order valence-electron chi connectivity index (χ1n) is 10.2. The van der Waals surface area contributed by atoms with Gasteiger partial charge in [0.1, 0.15) is 6.04 Å². The van der Waals surface area contributed by atoms with Crippen molar-refractivity contribution in [1.82, 2.24) is 4.31 Å². The molecule has 2 heterocycles. The second kappa shape index (κ2) is 6.99. The molecule has 1 amide bonds. The topological polar surface area (TPSA) is 84.9 Å². The van der Waals surface area contributed by atoms with Crippen molar-refractivity contribution in [3.05, 3.63) is 53.6 Å². The summed E-state index contributed by atoms with van der Waals surface area (Å²) in [5.41, 5.74) is 2.48. The monoisotopic (exact) mass is 428 g/mol. The fraction of sp³-hybridized carbons (Fsp3) is 0.409. The van der Waals surface area contributed by atoms with Gasteiger partial charge in [0.2, 0.25) is 15.9 Å². The molecule has 0 saturated heterocycles. The number of hydrogen-bond donors (Lipinski definition) is 1. The Hall–Kier alpha value is -2.58. The van der Waals surface area contributed by atoms with E-state index >= 15 is 0 Å². The Morgan fingerprint density at radius 1 is 1.07 bits per heavy atom. The Balaban J connectivity index is 1.37. The molecule has 0 unspecified atom stereocenters. The lowest BCUT2D eigenvalue weighted by Gasteiger charge is -2.34. The van der Waals surface area contributed by atoms with Gasteiger partial charge in [-0.05, 0) is 42.5 Å². The number of rotatable bonds is 3. The number of benzene rings is 2. The number of fused-ring (bicyclic) bond motifs is 2. The van der Waals surface area contributed by atoms with Gasteiger partial charge in [-0.1, -0.05) is 24.3 Å². The average Bonchev–Trinajstić information content (AvgIpc) is 3.31. The van der Waals surface area contributed by atoms with Crippen LogP contribution in [0.5, 0.6) is 11.5 Å². The Morgan fingerprint density at radius 2 is 1.77 bits per heavy atom. The number of sulfonamides is 1. The van der Waals surface area contributed by atoms with E-state index in [1.54, 1.807) is 18.2 Å². The SMILES string of the molecule is CS(=O)(=O)N1Cc2ccccc2C[C@H]1C(=O)Nc1ccc2c(c1)OC1(CCCC1)O2. The van der Waals surface area contributed by atoms with Crippen LogP contribution in [0.1, 0.15) is 36.8 Å². The number of anilines is 1. The average molecular weight is 429 g/mol. The standard InChI is InChI=1S/C22H24N2O5S/c1-30(26,27)24-14-16-7-3-2-6-15(16)12-18(24)21(25)23-17-8-9-19-20(13-17)29-22(28-19)10-4-5-11-22/h2-3,6-9,13,18H,4-5,10-12,14H2,1H3,(H,23,25)/t18-/m0/s1. The number of nitrogens with zero attached hydrogens (tertiary/aromatic N) is 1. The maximum Gasteiger partial charge on any atom is 0.251 e. The summed E-state index contributed by atoms with van der Waals surface area (Å²) in [6.45, 7) is 0.191. The molecule has 3 aliphatic rings. The highest BCUT2D eigenvalue weighted by atomic mass is 32.2. The quantitative estimate of drug-likeness (QED) is 0.812. The van der Waals surface area contributed by atoms with Gasteiger partial charge in [0.15, 0.2) is 11.5 Å². The molecular formula is C22H24N2O5S. The van der Waals surface area contributed by atoms with E-state index in [-0.39, 0.29) is 12.5 Å². The molecule has 0 aromatic heterocycles. The number of hydrogen-bond acceptors (Lipinski definition) is 5. The summed E-state index contributed by atoms with van der Waals surface area (Å²) in [5.74, 6) is 0.373. The zero-order valence-electron chi connectivity index (χ0n) is 16.8. The zero-order valence-corrected chi connectivity index (χ0v) is 17.6. The highest BCUT2D eigenvalue weighted by Gasteiger charge is 2.44. The summed E-state index contributed by atoms with van der Waals surface area (Å²) in [5, 5.41) is 2.87. The van der Waals surface area contributed by atoms with Crippen molar-refractivity contribution in [1.29, 1.82) is 0 Å². The normalized spacial score (nSPS) is 22.1. The highest BCUT2D eigenvalue weighted by molar-refractivity contribution is 7.88. The molecule has 8 heteroatoms. The predicted molar refractivity (Wildman–Crippen MR) is 112 cm³/mol. The van der Waals surface area contributed by atoms with E-state index in [2.05, 4.69) is 5.32 Å². The molecule has 1 N–H and O–H groups in total. The fourth-order valence-corrected chi connectivity index (χ4v) is 5.59. The molecule has 0 radical (unpaired) electrons. The molecular weight excluding hydrogens is 404 g/mol. The van der Waals surface area contributed by atoms with Crippen LogP contribution >= 0.6 is 0 Å². The minimum Gasteiger partial charge on any atom is -0.448 e. The molecule has 2 aliphatic heterocycles. The second-order valence-electron chi connectivity index (χ2n) is 8.27. The first-order valence-corrected chi connectivity index (χ1v) is 12.0. The van der Waals surface area contributed by atoms with E-state index in [9.17, 15) is 13.2 Å². The molecule has 5 rings (SSSR count). The van der Waals surface area contributed by atoms with E-state index in [4.69, 9.17) is 9.47 Å². The molecule has 1 spiro atoms. The molecule has 1 saturated carbocycles. The molecule has 1 aliphatic carbocycles. The van der Waals surface area contributed by atoms with Crippen molar-refractivity contribution in [2.75, 3.05) is 11.6 Å². The Labute approximate surface area is 176 Å². The van der Waals surface area contributed by atoms with Gasteiger partial charge in [0, 0.05) is 31.1 Å².